The summed E-state index contributed by atoms with van der Waals surface area (Å²) in [6.07, 6.45) is 1.75. The van der Waals surface area contributed by atoms with Gasteiger partial charge in [-0.05, 0) is 37.5 Å². The number of hydrogen-bond donors (Lipinski definition) is 2. The van der Waals surface area contributed by atoms with E-state index < -0.39 is 0 Å². The topological polar surface area (TPSA) is 53.5 Å². The van der Waals surface area contributed by atoms with Gasteiger partial charge >= 0.3 is 0 Å². The summed E-state index contributed by atoms with van der Waals surface area (Å²) >= 11 is 0. The van der Waals surface area contributed by atoms with E-state index in [-0.39, 0.29) is 12.5 Å². The predicted octanol–water partition coefficient (Wildman–Crippen LogP) is 3.22. The van der Waals surface area contributed by atoms with Crippen molar-refractivity contribution in [3.05, 3.63) is 66.2 Å². The molecule has 0 heterocycles. The lowest BCUT2D eigenvalue weighted by molar-refractivity contribution is -0.119. The largest absolute Gasteiger partial charge is 0.376 e. The summed E-state index contributed by atoms with van der Waals surface area (Å²) in [6, 6.07) is 19.9. The first-order chi connectivity index (χ1) is 10.7. The number of carbonyl (C=O) groups is 1. The molecule has 1 amide bonds. The molecule has 0 saturated heterocycles. The highest BCUT2D eigenvalue weighted by Gasteiger charge is 2.00. The molecule has 0 saturated carbocycles. The molecule has 0 fully saturated rings. The van der Waals surface area contributed by atoms with Crippen molar-refractivity contribution in [2.45, 2.75) is 19.8 Å². The molecular weight excluding hydrogens is 274 g/mol. The number of para-hydroxylation sites is 1. The molecule has 0 spiro atoms. The Kier molecular flexibility index (Phi) is 6.18. The van der Waals surface area contributed by atoms with E-state index in [1.807, 2.05) is 55.5 Å². The summed E-state index contributed by atoms with van der Waals surface area (Å²) in [5, 5.41) is 7.17. The molecular formula is C18H21N3O. The lowest BCUT2D eigenvalue weighted by Crippen LogP contribution is -2.26. The summed E-state index contributed by atoms with van der Waals surface area (Å²) in [5.41, 5.74) is 5.68. The van der Waals surface area contributed by atoms with E-state index in [1.54, 1.807) is 0 Å². The average Bonchev–Trinajstić information content (AvgIpc) is 2.58. The molecule has 114 valence electrons. The average molecular weight is 295 g/mol. The van der Waals surface area contributed by atoms with Crippen molar-refractivity contribution in [2.24, 2.45) is 5.10 Å². The van der Waals surface area contributed by atoms with Crippen LogP contribution in [0.15, 0.2) is 65.8 Å². The molecule has 0 bridgehead atoms. The zero-order valence-electron chi connectivity index (χ0n) is 12.8. The first kappa shape index (κ1) is 15.8. The number of nitrogens with one attached hydrogen (secondary N) is 2. The Labute approximate surface area is 131 Å². The van der Waals surface area contributed by atoms with Gasteiger partial charge in [0.05, 0.1) is 6.54 Å². The Balaban J connectivity index is 1.70. The van der Waals surface area contributed by atoms with Crippen LogP contribution in [-0.2, 0) is 11.2 Å². The van der Waals surface area contributed by atoms with E-state index in [0.29, 0.717) is 0 Å². The molecule has 2 N–H and O–H groups in total. The van der Waals surface area contributed by atoms with E-state index in [1.165, 1.54) is 5.56 Å². The Hall–Kier alpha value is -2.62. The van der Waals surface area contributed by atoms with Crippen molar-refractivity contribution in [1.82, 2.24) is 5.43 Å². The van der Waals surface area contributed by atoms with E-state index in [2.05, 4.69) is 28.0 Å². The van der Waals surface area contributed by atoms with Gasteiger partial charge in [0.15, 0.2) is 0 Å². The number of hydrazone groups is 1. The summed E-state index contributed by atoms with van der Waals surface area (Å²) < 4.78 is 0. The smallest absolute Gasteiger partial charge is 0.259 e. The number of hydrogen-bond acceptors (Lipinski definition) is 3. The Morgan fingerprint density at radius 2 is 1.64 bits per heavy atom. The number of aryl methyl sites for hydroxylation is 1. The van der Waals surface area contributed by atoms with Gasteiger partial charge < -0.3 is 5.32 Å². The first-order valence-corrected chi connectivity index (χ1v) is 7.39. The van der Waals surface area contributed by atoms with Crippen molar-refractivity contribution in [3.8, 4) is 0 Å². The second kappa shape index (κ2) is 8.62. The predicted molar refractivity (Wildman–Crippen MR) is 90.9 cm³/mol. The zero-order chi connectivity index (χ0) is 15.6. The second-order valence-corrected chi connectivity index (χ2v) is 5.09. The SMILES string of the molecule is C/C(CCc1ccccc1)=N/NC(=O)CNc1ccccc1. The minimum Gasteiger partial charge on any atom is -0.376 e. The van der Waals surface area contributed by atoms with Crippen LogP contribution in [0.3, 0.4) is 0 Å². The van der Waals surface area contributed by atoms with Gasteiger partial charge in [0, 0.05) is 11.4 Å². The van der Waals surface area contributed by atoms with Crippen LogP contribution in [0.25, 0.3) is 0 Å². The van der Waals surface area contributed by atoms with Gasteiger partial charge in [0.25, 0.3) is 5.91 Å². The van der Waals surface area contributed by atoms with Gasteiger partial charge in [0.2, 0.25) is 0 Å². The number of anilines is 1. The Morgan fingerprint density at radius 1 is 1.00 bits per heavy atom. The van der Waals surface area contributed by atoms with E-state index in [4.69, 9.17) is 0 Å². The number of rotatable bonds is 7. The van der Waals surface area contributed by atoms with E-state index in [0.717, 1.165) is 24.2 Å². The highest BCUT2D eigenvalue weighted by Crippen LogP contribution is 2.04. The number of amides is 1. The standard InChI is InChI=1S/C18H21N3O/c1-15(12-13-16-8-4-2-5-9-16)20-21-18(22)14-19-17-10-6-3-7-11-17/h2-11,19H,12-14H2,1H3,(H,21,22)/b20-15-. The summed E-state index contributed by atoms with van der Waals surface area (Å²) in [6.45, 7) is 2.13. The molecule has 2 aromatic rings. The molecule has 0 aromatic heterocycles. The van der Waals surface area contributed by atoms with Crippen molar-refractivity contribution >= 4 is 17.3 Å². The van der Waals surface area contributed by atoms with Gasteiger partial charge in [0.1, 0.15) is 0 Å². The van der Waals surface area contributed by atoms with E-state index in [9.17, 15) is 4.79 Å². The molecule has 4 nitrogen and oxygen atoms in total. The van der Waals surface area contributed by atoms with Crippen LogP contribution in [-0.4, -0.2) is 18.2 Å². The van der Waals surface area contributed by atoms with Gasteiger partial charge in [-0.1, -0.05) is 48.5 Å². The quantitative estimate of drug-likeness (QED) is 0.608. The highest BCUT2D eigenvalue weighted by atomic mass is 16.2. The molecule has 4 heteroatoms. The first-order valence-electron chi connectivity index (χ1n) is 7.39. The second-order valence-electron chi connectivity index (χ2n) is 5.09. The lowest BCUT2D eigenvalue weighted by atomic mass is 10.1. The van der Waals surface area contributed by atoms with Crippen molar-refractivity contribution in [3.63, 3.8) is 0 Å². The fourth-order valence-electron chi connectivity index (χ4n) is 1.96. The highest BCUT2D eigenvalue weighted by molar-refractivity contribution is 5.85. The van der Waals surface area contributed by atoms with E-state index >= 15 is 0 Å². The van der Waals surface area contributed by atoms with Gasteiger partial charge in [-0.15, -0.1) is 0 Å². The summed E-state index contributed by atoms with van der Waals surface area (Å²) in [4.78, 5) is 11.7. The number of benzene rings is 2. The monoisotopic (exact) mass is 295 g/mol. The maximum absolute atomic E-state index is 11.7. The van der Waals surface area contributed by atoms with Crippen molar-refractivity contribution in [1.29, 1.82) is 0 Å². The van der Waals surface area contributed by atoms with Gasteiger partial charge in [-0.2, -0.15) is 5.10 Å². The molecule has 0 atom stereocenters. The summed E-state index contributed by atoms with van der Waals surface area (Å²) in [5.74, 6) is -0.150. The Bertz CT molecular complexity index is 609. The third-order valence-electron chi connectivity index (χ3n) is 3.22. The van der Waals surface area contributed by atoms with Crippen molar-refractivity contribution < 1.29 is 4.79 Å². The minimum absolute atomic E-state index is 0.150. The Morgan fingerprint density at radius 3 is 2.32 bits per heavy atom. The van der Waals surface area contributed by atoms with Crippen LogP contribution in [0.5, 0.6) is 0 Å². The third kappa shape index (κ3) is 5.79. The van der Waals surface area contributed by atoms with Gasteiger partial charge in [-0.3, -0.25) is 4.79 Å². The normalized spacial score (nSPS) is 11.0. The van der Waals surface area contributed by atoms with Crippen LogP contribution >= 0.6 is 0 Å². The van der Waals surface area contributed by atoms with Crippen LogP contribution in [0.2, 0.25) is 0 Å². The molecule has 0 radical (unpaired) electrons. The molecule has 2 rings (SSSR count). The molecule has 22 heavy (non-hydrogen) atoms. The fourth-order valence-corrected chi connectivity index (χ4v) is 1.96. The number of nitrogens with zero attached hydrogens (tertiary/aromatic N) is 1. The number of carbonyl (C=O) groups excluding carboxylic acids is 1. The molecule has 2 aromatic carbocycles. The molecule has 0 aliphatic heterocycles. The van der Waals surface area contributed by atoms with Crippen LogP contribution in [0.4, 0.5) is 5.69 Å². The maximum Gasteiger partial charge on any atom is 0.259 e. The maximum atomic E-state index is 11.7. The third-order valence-corrected chi connectivity index (χ3v) is 3.22. The van der Waals surface area contributed by atoms with Crippen LogP contribution < -0.4 is 10.7 Å². The molecule has 0 aliphatic rings. The fraction of sp³-hybridized carbons (Fsp3) is 0.222. The molecule has 0 aliphatic carbocycles. The van der Waals surface area contributed by atoms with Gasteiger partial charge in [-0.25, -0.2) is 5.43 Å². The summed E-state index contributed by atoms with van der Waals surface area (Å²) in [7, 11) is 0. The minimum atomic E-state index is -0.150. The van der Waals surface area contributed by atoms with Crippen molar-refractivity contribution in [2.75, 3.05) is 11.9 Å². The lowest BCUT2D eigenvalue weighted by Gasteiger charge is -2.06. The van der Waals surface area contributed by atoms with Crippen LogP contribution in [0.1, 0.15) is 18.9 Å². The zero-order valence-corrected chi connectivity index (χ0v) is 12.8. The van der Waals surface area contributed by atoms with Crippen LogP contribution in [0, 0.1) is 0 Å². The molecule has 0 unspecified atom stereocenters.